The maximum Gasteiger partial charge on any atom is 0.281 e. The molecule has 1 amide bonds. The maximum atomic E-state index is 12.6. The van der Waals surface area contributed by atoms with Crippen molar-refractivity contribution >= 4 is 21.9 Å². The first-order valence-electron chi connectivity index (χ1n) is 9.36. The lowest BCUT2D eigenvalue weighted by atomic mass is 9.80. The highest BCUT2D eigenvalue weighted by Crippen LogP contribution is 2.44. The Labute approximate surface area is 167 Å². The molecule has 1 N–H and O–H groups in total. The van der Waals surface area contributed by atoms with E-state index < -0.39 is 10.2 Å². The van der Waals surface area contributed by atoms with E-state index in [4.69, 9.17) is 0 Å². The minimum absolute atomic E-state index is 0.101. The van der Waals surface area contributed by atoms with Crippen LogP contribution in [0.1, 0.15) is 0 Å². The molecule has 3 rings (SSSR count). The molecule has 2 fully saturated rings. The Bertz CT molecular complexity index is 822. The molecule has 1 aromatic rings. The fourth-order valence-corrected chi connectivity index (χ4v) is 5.74. The third-order valence-electron chi connectivity index (χ3n) is 5.57. The largest absolute Gasteiger partial charge is 0.309 e. The van der Waals surface area contributed by atoms with E-state index in [2.05, 4.69) is 20.2 Å². The summed E-state index contributed by atoms with van der Waals surface area (Å²) < 4.78 is 29.7. The molecule has 2 aliphatic rings. The van der Waals surface area contributed by atoms with Crippen molar-refractivity contribution in [3.05, 3.63) is 12.3 Å². The maximum absolute atomic E-state index is 12.6. The standard InChI is InChI=1S/C17H31N7O3S/c1-20(2)11-17-12-23(10-16(25)18-15-6-7-22(5)19-15)8-14(17)9-24(13-17)28(26,27)21(3)4/h6-7,14H,8-13H2,1-5H3,(H,18,19,25)/t14-,17+/m0/s1. The van der Waals surface area contributed by atoms with Gasteiger partial charge in [-0.05, 0) is 20.0 Å². The highest BCUT2D eigenvalue weighted by molar-refractivity contribution is 7.86. The van der Waals surface area contributed by atoms with Gasteiger partial charge in [-0.2, -0.15) is 22.1 Å². The number of hydrogen-bond acceptors (Lipinski definition) is 6. The number of hydrogen-bond donors (Lipinski definition) is 1. The van der Waals surface area contributed by atoms with Crippen LogP contribution in [0.2, 0.25) is 0 Å². The summed E-state index contributed by atoms with van der Waals surface area (Å²) in [5, 5.41) is 6.99. The number of carbonyl (C=O) groups is 1. The predicted molar refractivity (Wildman–Crippen MR) is 107 cm³/mol. The fourth-order valence-electron chi connectivity index (χ4n) is 4.49. The predicted octanol–water partition coefficient (Wildman–Crippen LogP) is -1.04. The van der Waals surface area contributed by atoms with E-state index in [0.717, 1.165) is 6.54 Å². The van der Waals surface area contributed by atoms with Crippen molar-refractivity contribution in [1.29, 1.82) is 0 Å². The molecule has 28 heavy (non-hydrogen) atoms. The Morgan fingerprint density at radius 2 is 2.00 bits per heavy atom. The van der Waals surface area contributed by atoms with Gasteiger partial charge in [0.2, 0.25) is 5.91 Å². The average Bonchev–Trinajstić information content (AvgIpc) is 3.18. The molecule has 11 heteroatoms. The van der Waals surface area contributed by atoms with E-state index in [9.17, 15) is 13.2 Å². The Kier molecular flexibility index (Phi) is 5.84. The summed E-state index contributed by atoms with van der Waals surface area (Å²) in [6, 6.07) is 1.76. The van der Waals surface area contributed by atoms with E-state index in [0.29, 0.717) is 32.0 Å². The molecule has 0 radical (unpaired) electrons. The smallest absolute Gasteiger partial charge is 0.281 e. The summed E-state index contributed by atoms with van der Waals surface area (Å²) in [5.74, 6) is 0.641. The summed E-state index contributed by atoms with van der Waals surface area (Å²) in [4.78, 5) is 16.6. The number of aromatic nitrogens is 2. The number of fused-ring (bicyclic) bond motifs is 1. The molecule has 2 saturated heterocycles. The van der Waals surface area contributed by atoms with Crippen LogP contribution in [0.4, 0.5) is 5.82 Å². The van der Waals surface area contributed by atoms with Crippen molar-refractivity contribution in [1.82, 2.24) is 28.2 Å². The monoisotopic (exact) mass is 413 g/mol. The van der Waals surface area contributed by atoms with Crippen molar-refractivity contribution in [3.8, 4) is 0 Å². The van der Waals surface area contributed by atoms with Gasteiger partial charge in [0.1, 0.15) is 0 Å². The quantitative estimate of drug-likeness (QED) is 0.614. The lowest BCUT2D eigenvalue weighted by molar-refractivity contribution is -0.117. The van der Waals surface area contributed by atoms with E-state index in [-0.39, 0.29) is 23.8 Å². The van der Waals surface area contributed by atoms with Crippen molar-refractivity contribution in [2.24, 2.45) is 18.4 Å². The van der Waals surface area contributed by atoms with Gasteiger partial charge in [0.25, 0.3) is 10.2 Å². The van der Waals surface area contributed by atoms with Crippen LogP contribution >= 0.6 is 0 Å². The molecule has 3 heterocycles. The number of aryl methyl sites for hydroxylation is 1. The van der Waals surface area contributed by atoms with Gasteiger partial charge in [0.05, 0.1) is 6.54 Å². The molecule has 0 spiro atoms. The van der Waals surface area contributed by atoms with Gasteiger partial charge in [-0.15, -0.1) is 0 Å². The molecular formula is C17H31N7O3S. The zero-order valence-electron chi connectivity index (χ0n) is 17.3. The van der Waals surface area contributed by atoms with Crippen molar-refractivity contribution in [2.75, 3.05) is 72.8 Å². The Balaban J connectivity index is 1.68. The molecule has 158 valence electrons. The van der Waals surface area contributed by atoms with Gasteiger partial charge in [-0.1, -0.05) is 0 Å². The van der Waals surface area contributed by atoms with Gasteiger partial charge >= 0.3 is 0 Å². The second-order valence-corrected chi connectivity index (χ2v) is 10.6. The van der Waals surface area contributed by atoms with Gasteiger partial charge in [0, 0.05) is 71.5 Å². The Morgan fingerprint density at radius 1 is 1.29 bits per heavy atom. The average molecular weight is 414 g/mol. The highest BCUT2D eigenvalue weighted by atomic mass is 32.2. The molecule has 10 nitrogen and oxygen atoms in total. The molecule has 0 aromatic carbocycles. The highest BCUT2D eigenvalue weighted by Gasteiger charge is 2.55. The number of amides is 1. The molecular weight excluding hydrogens is 382 g/mol. The number of carbonyl (C=O) groups excluding carboxylic acids is 1. The molecule has 2 aliphatic heterocycles. The van der Waals surface area contributed by atoms with Gasteiger partial charge in [-0.25, -0.2) is 0 Å². The topological polar surface area (TPSA) is 94.0 Å². The van der Waals surface area contributed by atoms with Crippen LogP contribution in [0, 0.1) is 11.3 Å². The lowest BCUT2D eigenvalue weighted by Crippen LogP contribution is -2.45. The third-order valence-corrected chi connectivity index (χ3v) is 7.42. The van der Waals surface area contributed by atoms with Crippen molar-refractivity contribution in [3.63, 3.8) is 0 Å². The summed E-state index contributed by atoms with van der Waals surface area (Å²) >= 11 is 0. The molecule has 0 saturated carbocycles. The zero-order valence-corrected chi connectivity index (χ0v) is 18.1. The van der Waals surface area contributed by atoms with E-state index in [1.54, 1.807) is 42.4 Å². The number of likely N-dealkylation sites (tertiary alicyclic amines) is 1. The zero-order chi connectivity index (χ0) is 20.7. The summed E-state index contributed by atoms with van der Waals surface area (Å²) in [6.45, 7) is 3.45. The molecule has 0 aliphatic carbocycles. The second kappa shape index (κ2) is 7.71. The SMILES string of the molecule is CN(C)C[C@]12CN(CC(=O)Nc3ccn(C)n3)C[C@H]1CN(S(=O)(=O)N(C)C)C2. The Hall–Kier alpha value is -1.53. The molecule has 2 atom stereocenters. The molecule has 1 aromatic heterocycles. The van der Waals surface area contributed by atoms with E-state index >= 15 is 0 Å². The number of nitrogens with zero attached hydrogens (tertiary/aromatic N) is 6. The van der Waals surface area contributed by atoms with Crippen molar-refractivity contribution < 1.29 is 13.2 Å². The van der Waals surface area contributed by atoms with Crippen LogP contribution in [-0.2, 0) is 22.1 Å². The van der Waals surface area contributed by atoms with Crippen LogP contribution in [0.25, 0.3) is 0 Å². The minimum Gasteiger partial charge on any atom is -0.309 e. The second-order valence-electron chi connectivity index (χ2n) is 8.47. The summed E-state index contributed by atoms with van der Waals surface area (Å²) in [6.07, 6.45) is 1.78. The minimum atomic E-state index is -3.43. The Morgan fingerprint density at radius 3 is 2.57 bits per heavy atom. The normalized spacial score (nSPS) is 26.3. The van der Waals surface area contributed by atoms with Gasteiger partial charge in [-0.3, -0.25) is 14.4 Å². The number of nitrogens with one attached hydrogen (secondary N) is 1. The van der Waals surface area contributed by atoms with Crippen LogP contribution in [0.3, 0.4) is 0 Å². The van der Waals surface area contributed by atoms with Crippen LogP contribution in [-0.4, -0.2) is 110 Å². The first-order chi connectivity index (χ1) is 13.0. The van der Waals surface area contributed by atoms with E-state index in [1.165, 1.54) is 4.31 Å². The van der Waals surface area contributed by atoms with E-state index in [1.807, 2.05) is 14.1 Å². The third kappa shape index (κ3) is 4.23. The summed E-state index contributed by atoms with van der Waals surface area (Å²) in [5.41, 5.74) is -0.169. The number of rotatable bonds is 7. The first-order valence-corrected chi connectivity index (χ1v) is 10.8. The molecule has 0 bridgehead atoms. The molecule has 0 unspecified atom stereocenters. The van der Waals surface area contributed by atoms with Crippen LogP contribution in [0.15, 0.2) is 12.3 Å². The number of anilines is 1. The van der Waals surface area contributed by atoms with Gasteiger partial charge < -0.3 is 10.2 Å². The lowest BCUT2D eigenvalue weighted by Gasteiger charge is -2.32. The van der Waals surface area contributed by atoms with Gasteiger partial charge in [0.15, 0.2) is 5.82 Å². The van der Waals surface area contributed by atoms with Crippen LogP contribution < -0.4 is 5.32 Å². The summed E-state index contributed by atoms with van der Waals surface area (Å²) in [7, 11) is 5.51. The first kappa shape index (κ1) is 21.2. The van der Waals surface area contributed by atoms with Crippen molar-refractivity contribution in [2.45, 2.75) is 0 Å². The van der Waals surface area contributed by atoms with Crippen LogP contribution in [0.5, 0.6) is 0 Å². The fraction of sp³-hybridized carbons (Fsp3) is 0.765.